The van der Waals surface area contributed by atoms with Crippen molar-refractivity contribution in [2.75, 3.05) is 20.8 Å². The van der Waals surface area contributed by atoms with Crippen LogP contribution in [0.15, 0.2) is 24.4 Å². The van der Waals surface area contributed by atoms with Crippen LogP contribution in [0.2, 0.25) is 0 Å². The molecule has 0 fully saturated rings. The predicted molar refractivity (Wildman–Crippen MR) is 92.4 cm³/mol. The highest BCUT2D eigenvalue weighted by Crippen LogP contribution is 2.29. The number of benzene rings is 1. The van der Waals surface area contributed by atoms with E-state index in [-0.39, 0.29) is 0 Å². The van der Waals surface area contributed by atoms with E-state index in [2.05, 4.69) is 24.1 Å². The molecule has 1 heterocycles. The Balaban J connectivity index is 1.94. The Morgan fingerprint density at radius 3 is 2.65 bits per heavy atom. The molecule has 0 bridgehead atoms. The van der Waals surface area contributed by atoms with Gasteiger partial charge in [0.15, 0.2) is 0 Å². The van der Waals surface area contributed by atoms with Crippen LogP contribution in [0.25, 0.3) is 0 Å². The van der Waals surface area contributed by atoms with E-state index < -0.39 is 6.10 Å². The molecule has 1 aromatic carbocycles. The van der Waals surface area contributed by atoms with Crippen molar-refractivity contribution < 1.29 is 14.6 Å². The zero-order valence-corrected chi connectivity index (χ0v) is 14.8. The zero-order valence-electron chi connectivity index (χ0n) is 14.0. The van der Waals surface area contributed by atoms with Crippen molar-refractivity contribution in [1.29, 1.82) is 0 Å². The summed E-state index contributed by atoms with van der Waals surface area (Å²) in [5.74, 6) is 1.80. The predicted octanol–water partition coefficient (Wildman–Crippen LogP) is 3.11. The van der Waals surface area contributed by atoms with Crippen molar-refractivity contribution in [3.8, 4) is 11.5 Å². The van der Waals surface area contributed by atoms with Crippen molar-refractivity contribution in [3.63, 3.8) is 0 Å². The molecule has 0 aliphatic rings. The number of rotatable bonds is 8. The van der Waals surface area contributed by atoms with E-state index in [4.69, 9.17) is 9.47 Å². The highest BCUT2D eigenvalue weighted by molar-refractivity contribution is 7.11. The second-order valence-electron chi connectivity index (χ2n) is 5.57. The number of hydrogen-bond donors (Lipinski definition) is 2. The molecule has 0 saturated carbocycles. The maximum atomic E-state index is 10.4. The standard InChI is InChI=1S/C17H24N2O3S/c1-11(2)17-19-9-13(23-17)8-18-10-15(20)14-7-12(21-3)5-6-16(14)22-4/h5-7,9,11,15,18,20H,8,10H2,1-4H3. The van der Waals surface area contributed by atoms with Gasteiger partial charge in [-0.1, -0.05) is 13.8 Å². The van der Waals surface area contributed by atoms with Gasteiger partial charge in [-0.2, -0.15) is 0 Å². The van der Waals surface area contributed by atoms with Gasteiger partial charge in [-0.15, -0.1) is 11.3 Å². The lowest BCUT2D eigenvalue weighted by atomic mass is 10.1. The average Bonchev–Trinajstić information content (AvgIpc) is 3.03. The largest absolute Gasteiger partial charge is 0.497 e. The van der Waals surface area contributed by atoms with Gasteiger partial charge in [-0.05, 0) is 18.2 Å². The summed E-state index contributed by atoms with van der Waals surface area (Å²) in [5.41, 5.74) is 0.714. The molecule has 0 saturated heterocycles. The van der Waals surface area contributed by atoms with E-state index in [1.165, 1.54) is 4.88 Å². The molecule has 2 rings (SSSR count). The maximum absolute atomic E-state index is 10.4. The van der Waals surface area contributed by atoms with Crippen LogP contribution in [-0.4, -0.2) is 30.9 Å². The number of ether oxygens (including phenoxy) is 2. The first-order valence-corrected chi connectivity index (χ1v) is 8.42. The second kappa shape index (κ2) is 8.29. The number of nitrogens with one attached hydrogen (secondary N) is 1. The average molecular weight is 336 g/mol. The van der Waals surface area contributed by atoms with Gasteiger partial charge >= 0.3 is 0 Å². The number of nitrogens with zero attached hydrogens (tertiary/aromatic N) is 1. The van der Waals surface area contributed by atoms with Crippen LogP contribution in [0.1, 0.15) is 41.3 Å². The van der Waals surface area contributed by atoms with Crippen LogP contribution < -0.4 is 14.8 Å². The summed E-state index contributed by atoms with van der Waals surface area (Å²) in [6.45, 7) is 5.38. The maximum Gasteiger partial charge on any atom is 0.124 e. The third-order valence-corrected chi connectivity index (χ3v) is 4.80. The molecule has 5 nitrogen and oxygen atoms in total. The Bertz CT molecular complexity index is 628. The Hall–Kier alpha value is -1.63. The van der Waals surface area contributed by atoms with Crippen molar-refractivity contribution in [1.82, 2.24) is 10.3 Å². The van der Waals surface area contributed by atoms with Crippen LogP contribution in [0.4, 0.5) is 0 Å². The van der Waals surface area contributed by atoms with Crippen molar-refractivity contribution in [3.05, 3.63) is 39.8 Å². The molecule has 1 unspecified atom stereocenters. The Labute approximate surface area is 141 Å². The summed E-state index contributed by atoms with van der Waals surface area (Å²) in [6, 6.07) is 5.41. The molecule has 0 radical (unpaired) electrons. The van der Waals surface area contributed by atoms with Crippen LogP contribution in [0.3, 0.4) is 0 Å². The molecular formula is C17H24N2O3S. The summed E-state index contributed by atoms with van der Waals surface area (Å²) >= 11 is 1.70. The van der Waals surface area contributed by atoms with Crippen LogP contribution >= 0.6 is 11.3 Å². The minimum atomic E-state index is -0.669. The van der Waals surface area contributed by atoms with Gasteiger partial charge < -0.3 is 19.9 Å². The lowest BCUT2D eigenvalue weighted by molar-refractivity contribution is 0.170. The number of aliphatic hydroxyl groups excluding tert-OH is 1. The highest BCUT2D eigenvalue weighted by atomic mass is 32.1. The molecule has 23 heavy (non-hydrogen) atoms. The summed E-state index contributed by atoms with van der Waals surface area (Å²) in [5, 5.41) is 14.8. The van der Waals surface area contributed by atoms with Gasteiger partial charge in [-0.3, -0.25) is 0 Å². The molecule has 2 aromatic rings. The topological polar surface area (TPSA) is 63.6 Å². The molecule has 126 valence electrons. The van der Waals surface area contributed by atoms with E-state index in [1.807, 2.05) is 12.3 Å². The summed E-state index contributed by atoms with van der Waals surface area (Å²) in [6.07, 6.45) is 1.23. The molecule has 1 aromatic heterocycles. The molecule has 0 spiro atoms. The zero-order chi connectivity index (χ0) is 16.8. The van der Waals surface area contributed by atoms with Gasteiger partial charge in [0.1, 0.15) is 11.5 Å². The van der Waals surface area contributed by atoms with E-state index in [0.29, 0.717) is 36.1 Å². The number of methoxy groups -OCH3 is 2. The van der Waals surface area contributed by atoms with Crippen molar-refractivity contribution in [2.24, 2.45) is 0 Å². The molecule has 0 aliphatic heterocycles. The van der Waals surface area contributed by atoms with Crippen LogP contribution in [0, 0.1) is 0 Å². The van der Waals surface area contributed by atoms with Crippen LogP contribution in [-0.2, 0) is 6.54 Å². The second-order valence-corrected chi connectivity index (χ2v) is 6.72. The lowest BCUT2D eigenvalue weighted by Crippen LogP contribution is -2.21. The third-order valence-electron chi connectivity index (χ3n) is 3.50. The summed E-state index contributed by atoms with van der Waals surface area (Å²) < 4.78 is 10.5. The van der Waals surface area contributed by atoms with Crippen molar-refractivity contribution >= 4 is 11.3 Å². The third kappa shape index (κ3) is 4.67. The first kappa shape index (κ1) is 17.7. The number of hydrogen-bond acceptors (Lipinski definition) is 6. The van der Waals surface area contributed by atoms with Gasteiger partial charge in [0.25, 0.3) is 0 Å². The first-order valence-electron chi connectivity index (χ1n) is 7.60. The molecular weight excluding hydrogens is 312 g/mol. The highest BCUT2D eigenvalue weighted by Gasteiger charge is 2.14. The fraction of sp³-hybridized carbons (Fsp3) is 0.471. The van der Waals surface area contributed by atoms with Gasteiger partial charge in [-0.25, -0.2) is 4.98 Å². The fourth-order valence-electron chi connectivity index (χ4n) is 2.21. The van der Waals surface area contributed by atoms with Gasteiger partial charge in [0.2, 0.25) is 0 Å². The molecule has 2 N–H and O–H groups in total. The monoisotopic (exact) mass is 336 g/mol. The Morgan fingerprint density at radius 1 is 1.26 bits per heavy atom. The quantitative estimate of drug-likeness (QED) is 0.775. The lowest BCUT2D eigenvalue weighted by Gasteiger charge is -2.16. The molecule has 0 aliphatic carbocycles. The van der Waals surface area contributed by atoms with Gasteiger partial charge in [0, 0.05) is 35.6 Å². The van der Waals surface area contributed by atoms with E-state index in [9.17, 15) is 5.11 Å². The van der Waals surface area contributed by atoms with Crippen molar-refractivity contribution in [2.45, 2.75) is 32.4 Å². The van der Waals surface area contributed by atoms with E-state index in [1.54, 1.807) is 37.7 Å². The van der Waals surface area contributed by atoms with E-state index in [0.717, 1.165) is 5.01 Å². The fourth-order valence-corrected chi connectivity index (χ4v) is 3.10. The minimum Gasteiger partial charge on any atom is -0.497 e. The Kier molecular flexibility index (Phi) is 6.38. The van der Waals surface area contributed by atoms with Crippen LogP contribution in [0.5, 0.6) is 11.5 Å². The minimum absolute atomic E-state index is 0.429. The SMILES string of the molecule is COc1ccc(OC)c(C(O)CNCc2cnc(C(C)C)s2)c1. The smallest absolute Gasteiger partial charge is 0.124 e. The number of thiazole rings is 1. The number of aliphatic hydroxyl groups is 1. The normalized spacial score (nSPS) is 12.4. The summed E-state index contributed by atoms with van der Waals surface area (Å²) in [4.78, 5) is 5.57. The molecule has 0 amide bonds. The Morgan fingerprint density at radius 2 is 2.04 bits per heavy atom. The number of aromatic nitrogens is 1. The van der Waals surface area contributed by atoms with Gasteiger partial charge in [0.05, 0.1) is 25.3 Å². The molecule has 1 atom stereocenters. The molecule has 6 heteroatoms. The van der Waals surface area contributed by atoms with E-state index >= 15 is 0 Å². The first-order chi connectivity index (χ1) is 11.0. The summed E-state index contributed by atoms with van der Waals surface area (Å²) in [7, 11) is 3.20.